The Morgan fingerprint density at radius 3 is 2.24 bits per heavy atom. The van der Waals surface area contributed by atoms with Crippen LogP contribution in [-0.4, -0.2) is 4.98 Å². The quantitative estimate of drug-likeness (QED) is 0.618. The molecule has 0 amide bonds. The fraction of sp³-hybridized carbons (Fsp3) is 0. The number of hydrogen-bond donors (Lipinski definition) is 0. The lowest BCUT2D eigenvalue weighted by Gasteiger charge is -2.02. The zero-order valence-electron chi connectivity index (χ0n) is 9.21. The number of nitrogens with zero attached hydrogens (tertiary/aromatic N) is 1. The molecule has 17 heavy (non-hydrogen) atoms. The average Bonchev–Trinajstić information content (AvgIpc) is 2.39. The van der Waals surface area contributed by atoms with E-state index >= 15 is 0 Å². The van der Waals surface area contributed by atoms with Crippen LogP contribution < -0.4 is 0 Å². The van der Waals surface area contributed by atoms with Crippen molar-refractivity contribution in [2.45, 2.75) is 0 Å². The minimum atomic E-state index is 0. The van der Waals surface area contributed by atoms with Crippen LogP contribution in [-0.2, 0) is 0 Å². The van der Waals surface area contributed by atoms with Gasteiger partial charge < -0.3 is 0 Å². The van der Waals surface area contributed by atoms with Crippen molar-refractivity contribution in [1.29, 1.82) is 0 Å². The molecule has 0 aliphatic carbocycles. The average molecular weight is 242 g/mol. The molecule has 0 saturated carbocycles. The van der Waals surface area contributed by atoms with Gasteiger partial charge in [-0.2, -0.15) is 0 Å². The van der Waals surface area contributed by atoms with Gasteiger partial charge in [0.15, 0.2) is 0 Å². The fourth-order valence-corrected chi connectivity index (χ4v) is 1.86. The Labute approximate surface area is 107 Å². The van der Waals surface area contributed by atoms with Gasteiger partial charge in [0.05, 0.1) is 5.52 Å². The minimum Gasteiger partial charge on any atom is -0.256 e. The first-order valence-corrected chi connectivity index (χ1v) is 5.34. The van der Waals surface area contributed by atoms with Crippen LogP contribution in [0.1, 0.15) is 0 Å². The number of fused-ring (bicyclic) bond motifs is 1. The molecular formula is C15H12ClN. The molecule has 3 rings (SSSR count). The summed E-state index contributed by atoms with van der Waals surface area (Å²) in [5.74, 6) is 0. The molecule has 0 atom stereocenters. The first-order chi connectivity index (χ1) is 7.93. The van der Waals surface area contributed by atoms with Gasteiger partial charge in [0, 0.05) is 17.1 Å². The maximum absolute atomic E-state index is 4.46. The SMILES string of the molecule is Cl.c1ccc(-c2cnc3ccccc3c2)cc1. The van der Waals surface area contributed by atoms with E-state index in [9.17, 15) is 0 Å². The first kappa shape index (κ1) is 11.6. The van der Waals surface area contributed by atoms with E-state index in [2.05, 4.69) is 29.2 Å². The van der Waals surface area contributed by atoms with Crippen LogP contribution in [0.4, 0.5) is 0 Å². The van der Waals surface area contributed by atoms with Gasteiger partial charge in [0.25, 0.3) is 0 Å². The molecule has 0 fully saturated rings. The molecule has 0 aliphatic heterocycles. The largest absolute Gasteiger partial charge is 0.256 e. The second kappa shape index (κ2) is 4.98. The molecule has 0 saturated heterocycles. The van der Waals surface area contributed by atoms with Gasteiger partial charge in [-0.05, 0) is 17.7 Å². The Morgan fingerprint density at radius 2 is 1.41 bits per heavy atom. The third-order valence-electron chi connectivity index (χ3n) is 2.70. The van der Waals surface area contributed by atoms with Crippen molar-refractivity contribution >= 4 is 23.3 Å². The van der Waals surface area contributed by atoms with Crippen LogP contribution in [0.15, 0.2) is 66.9 Å². The van der Waals surface area contributed by atoms with Crippen molar-refractivity contribution in [2.24, 2.45) is 0 Å². The summed E-state index contributed by atoms with van der Waals surface area (Å²) in [5.41, 5.74) is 3.42. The molecule has 1 nitrogen and oxygen atoms in total. The third-order valence-corrected chi connectivity index (χ3v) is 2.70. The Hall–Kier alpha value is -1.86. The van der Waals surface area contributed by atoms with Crippen LogP contribution in [0.3, 0.4) is 0 Å². The predicted octanol–water partition coefficient (Wildman–Crippen LogP) is 4.32. The molecule has 0 aliphatic rings. The summed E-state index contributed by atoms with van der Waals surface area (Å²) in [7, 11) is 0. The molecule has 1 heterocycles. The second-order valence-corrected chi connectivity index (χ2v) is 3.78. The third kappa shape index (κ3) is 2.29. The summed E-state index contributed by atoms with van der Waals surface area (Å²) in [5, 5.41) is 1.18. The van der Waals surface area contributed by atoms with Crippen LogP contribution >= 0.6 is 12.4 Å². The smallest absolute Gasteiger partial charge is 0.0702 e. The van der Waals surface area contributed by atoms with Gasteiger partial charge in [-0.15, -0.1) is 12.4 Å². The van der Waals surface area contributed by atoms with E-state index < -0.39 is 0 Å². The zero-order chi connectivity index (χ0) is 10.8. The summed E-state index contributed by atoms with van der Waals surface area (Å²) in [6.45, 7) is 0. The summed E-state index contributed by atoms with van der Waals surface area (Å²) >= 11 is 0. The van der Waals surface area contributed by atoms with Crippen LogP contribution in [0.5, 0.6) is 0 Å². The monoisotopic (exact) mass is 241 g/mol. The van der Waals surface area contributed by atoms with Crippen molar-refractivity contribution in [3.63, 3.8) is 0 Å². The van der Waals surface area contributed by atoms with E-state index in [0.29, 0.717) is 0 Å². The summed E-state index contributed by atoms with van der Waals surface area (Å²) in [6, 6.07) is 20.7. The molecule has 1 aromatic heterocycles. The maximum atomic E-state index is 4.46. The molecule has 2 heteroatoms. The van der Waals surface area contributed by atoms with Gasteiger partial charge in [-0.1, -0.05) is 48.5 Å². The lowest BCUT2D eigenvalue weighted by molar-refractivity contribution is 1.41. The number of halogens is 1. The van der Waals surface area contributed by atoms with Gasteiger partial charge in [0.1, 0.15) is 0 Å². The highest BCUT2D eigenvalue weighted by Gasteiger charge is 1.98. The number of benzene rings is 2. The first-order valence-electron chi connectivity index (χ1n) is 5.34. The Balaban J connectivity index is 0.00000108. The van der Waals surface area contributed by atoms with E-state index in [4.69, 9.17) is 0 Å². The number of pyridine rings is 1. The molecule has 0 bridgehead atoms. The number of hydrogen-bond acceptors (Lipinski definition) is 1. The van der Waals surface area contributed by atoms with Crippen LogP contribution in [0.2, 0.25) is 0 Å². The number of rotatable bonds is 1. The normalized spacial score (nSPS) is 9.88. The lowest BCUT2D eigenvalue weighted by atomic mass is 10.1. The molecule has 2 aromatic carbocycles. The highest BCUT2D eigenvalue weighted by Crippen LogP contribution is 2.21. The Kier molecular flexibility index (Phi) is 3.40. The topological polar surface area (TPSA) is 12.9 Å². The van der Waals surface area contributed by atoms with Crippen molar-refractivity contribution in [1.82, 2.24) is 4.98 Å². The van der Waals surface area contributed by atoms with Crippen LogP contribution in [0, 0.1) is 0 Å². The molecule has 3 aromatic rings. The van der Waals surface area contributed by atoms with E-state index in [1.165, 1.54) is 16.5 Å². The Morgan fingerprint density at radius 1 is 0.706 bits per heavy atom. The van der Waals surface area contributed by atoms with Gasteiger partial charge in [-0.3, -0.25) is 4.98 Å². The summed E-state index contributed by atoms with van der Waals surface area (Å²) in [6.07, 6.45) is 1.93. The van der Waals surface area contributed by atoms with E-state index in [-0.39, 0.29) is 12.4 Å². The summed E-state index contributed by atoms with van der Waals surface area (Å²) < 4.78 is 0. The molecule has 0 spiro atoms. The second-order valence-electron chi connectivity index (χ2n) is 3.78. The summed E-state index contributed by atoms with van der Waals surface area (Å²) in [4.78, 5) is 4.46. The zero-order valence-corrected chi connectivity index (χ0v) is 10.0. The van der Waals surface area contributed by atoms with Crippen molar-refractivity contribution in [2.75, 3.05) is 0 Å². The van der Waals surface area contributed by atoms with Gasteiger partial charge >= 0.3 is 0 Å². The Bertz CT molecular complexity index is 620. The molecule has 0 N–H and O–H groups in total. The molecule has 0 unspecified atom stereocenters. The lowest BCUT2D eigenvalue weighted by Crippen LogP contribution is -1.81. The molecule has 84 valence electrons. The van der Waals surface area contributed by atoms with Crippen LogP contribution in [0.25, 0.3) is 22.0 Å². The number of aromatic nitrogens is 1. The molecular weight excluding hydrogens is 230 g/mol. The van der Waals surface area contributed by atoms with Crippen molar-refractivity contribution in [3.8, 4) is 11.1 Å². The minimum absolute atomic E-state index is 0. The predicted molar refractivity (Wildman–Crippen MR) is 74.4 cm³/mol. The standard InChI is InChI=1S/C15H11N.ClH/c1-2-6-12(7-3-1)14-10-13-8-4-5-9-15(13)16-11-14;/h1-11H;1H. The van der Waals surface area contributed by atoms with Crippen molar-refractivity contribution < 1.29 is 0 Å². The molecule has 0 radical (unpaired) electrons. The fourth-order valence-electron chi connectivity index (χ4n) is 1.86. The van der Waals surface area contributed by atoms with Gasteiger partial charge in [0.2, 0.25) is 0 Å². The number of para-hydroxylation sites is 1. The van der Waals surface area contributed by atoms with Crippen molar-refractivity contribution in [3.05, 3.63) is 66.9 Å². The van der Waals surface area contributed by atoms with E-state index in [0.717, 1.165) is 5.52 Å². The van der Waals surface area contributed by atoms with E-state index in [1.54, 1.807) is 0 Å². The highest BCUT2D eigenvalue weighted by atomic mass is 35.5. The maximum Gasteiger partial charge on any atom is 0.0702 e. The van der Waals surface area contributed by atoms with Gasteiger partial charge in [-0.25, -0.2) is 0 Å². The van der Waals surface area contributed by atoms with E-state index in [1.807, 2.05) is 42.6 Å². The highest BCUT2D eigenvalue weighted by molar-refractivity contribution is 5.85.